The van der Waals surface area contributed by atoms with Gasteiger partial charge in [-0.3, -0.25) is 4.68 Å². The first-order valence-corrected chi connectivity index (χ1v) is 6.89. The quantitative estimate of drug-likeness (QED) is 0.852. The molecule has 0 spiro atoms. The largest absolute Gasteiger partial charge is 0.461 e. The number of nitrogens with one attached hydrogen (secondary N) is 1. The van der Waals surface area contributed by atoms with Crippen LogP contribution in [0.5, 0.6) is 0 Å². The van der Waals surface area contributed by atoms with E-state index in [1.807, 2.05) is 24.7 Å². The maximum atomic E-state index is 11.7. The normalized spacial score (nSPS) is 10.5. The number of anilines is 2. The smallest absolute Gasteiger partial charge is 0.358 e. The van der Waals surface area contributed by atoms with Crippen LogP contribution in [-0.4, -0.2) is 27.3 Å². The Balaban J connectivity index is 2.13. The second-order valence-corrected chi connectivity index (χ2v) is 5.06. The van der Waals surface area contributed by atoms with Crippen LogP contribution in [0.2, 0.25) is 0 Å². The van der Waals surface area contributed by atoms with Crippen molar-refractivity contribution in [2.24, 2.45) is 0 Å². The average Bonchev–Trinajstić information content (AvgIpc) is 2.97. The molecule has 0 amide bonds. The molecule has 2 rings (SSSR count). The summed E-state index contributed by atoms with van der Waals surface area (Å²) < 4.78 is 6.77. The van der Waals surface area contributed by atoms with Gasteiger partial charge in [0.25, 0.3) is 0 Å². The van der Waals surface area contributed by atoms with Gasteiger partial charge >= 0.3 is 5.97 Å². The van der Waals surface area contributed by atoms with E-state index in [-0.39, 0.29) is 5.97 Å². The van der Waals surface area contributed by atoms with E-state index in [0.29, 0.717) is 17.4 Å². The second-order valence-electron chi connectivity index (χ2n) is 3.85. The second kappa shape index (κ2) is 5.83. The molecule has 0 radical (unpaired) electrons. The zero-order chi connectivity index (χ0) is 13.8. The Kier molecular flexibility index (Phi) is 4.16. The van der Waals surface area contributed by atoms with Gasteiger partial charge in [-0.1, -0.05) is 0 Å². The van der Waals surface area contributed by atoms with Crippen molar-refractivity contribution < 1.29 is 9.53 Å². The highest BCUT2D eigenvalue weighted by molar-refractivity contribution is 7.15. The number of aryl methyl sites for hydroxylation is 2. The molecule has 1 N–H and O–H groups in total. The molecule has 0 atom stereocenters. The lowest BCUT2D eigenvalue weighted by atomic mass is 10.4. The molecule has 102 valence electrons. The van der Waals surface area contributed by atoms with Crippen LogP contribution < -0.4 is 5.32 Å². The van der Waals surface area contributed by atoms with Crippen LogP contribution in [0.15, 0.2) is 12.4 Å². The van der Waals surface area contributed by atoms with Crippen LogP contribution in [-0.2, 0) is 11.3 Å². The lowest BCUT2D eigenvalue weighted by molar-refractivity contribution is 0.0519. The van der Waals surface area contributed by atoms with Crippen LogP contribution in [0.3, 0.4) is 0 Å². The van der Waals surface area contributed by atoms with Crippen molar-refractivity contribution in [2.75, 3.05) is 11.9 Å². The Morgan fingerprint density at radius 2 is 2.32 bits per heavy atom. The molecule has 2 aromatic rings. The van der Waals surface area contributed by atoms with E-state index in [1.54, 1.807) is 13.1 Å². The summed E-state index contributed by atoms with van der Waals surface area (Å²) in [5, 5.41) is 7.96. The van der Waals surface area contributed by atoms with Gasteiger partial charge in [-0.05, 0) is 20.8 Å². The number of hydrogen-bond donors (Lipinski definition) is 1. The summed E-state index contributed by atoms with van der Waals surface area (Å²) in [6.07, 6.45) is 3.62. The molecule has 0 bridgehead atoms. The molecule has 0 aliphatic rings. The molecule has 0 saturated carbocycles. The molecule has 19 heavy (non-hydrogen) atoms. The highest BCUT2D eigenvalue weighted by atomic mass is 32.1. The third-order valence-electron chi connectivity index (χ3n) is 2.47. The van der Waals surface area contributed by atoms with E-state index in [1.165, 1.54) is 11.3 Å². The third-order valence-corrected chi connectivity index (χ3v) is 3.36. The standard InChI is InChI=1S/C12H16N4O2S/c1-4-16-7-9(6-13-16)14-12-15-10(8(3)19-12)11(17)18-5-2/h6-7H,4-5H2,1-3H3,(H,14,15). The number of esters is 1. The molecule has 0 saturated heterocycles. The molecular formula is C12H16N4O2S. The average molecular weight is 280 g/mol. The Bertz CT molecular complexity index is 576. The van der Waals surface area contributed by atoms with Gasteiger partial charge in [0.1, 0.15) is 0 Å². The van der Waals surface area contributed by atoms with Crippen LogP contribution in [0.4, 0.5) is 10.8 Å². The van der Waals surface area contributed by atoms with Crippen molar-refractivity contribution in [2.45, 2.75) is 27.3 Å². The van der Waals surface area contributed by atoms with Crippen molar-refractivity contribution >= 4 is 28.1 Å². The van der Waals surface area contributed by atoms with Gasteiger partial charge in [0, 0.05) is 17.6 Å². The summed E-state index contributed by atoms with van der Waals surface area (Å²) in [6.45, 7) is 6.81. The number of rotatable bonds is 5. The molecule has 2 aromatic heterocycles. The maximum absolute atomic E-state index is 11.7. The SMILES string of the molecule is CCOC(=O)c1nc(Nc2cnn(CC)c2)sc1C. The van der Waals surface area contributed by atoms with Crippen molar-refractivity contribution in [3.8, 4) is 0 Å². The molecule has 0 aliphatic heterocycles. The van der Waals surface area contributed by atoms with Crippen molar-refractivity contribution in [1.29, 1.82) is 0 Å². The van der Waals surface area contributed by atoms with Gasteiger partial charge in [-0.2, -0.15) is 5.10 Å². The van der Waals surface area contributed by atoms with Crippen LogP contribution in [0.1, 0.15) is 29.2 Å². The summed E-state index contributed by atoms with van der Waals surface area (Å²) in [7, 11) is 0. The number of nitrogens with zero attached hydrogens (tertiary/aromatic N) is 3. The monoisotopic (exact) mass is 280 g/mol. The van der Waals surface area contributed by atoms with E-state index < -0.39 is 0 Å². The number of carbonyl (C=O) groups is 1. The minimum absolute atomic E-state index is 0.349. The topological polar surface area (TPSA) is 69.0 Å². The van der Waals surface area contributed by atoms with Gasteiger partial charge < -0.3 is 10.1 Å². The summed E-state index contributed by atoms with van der Waals surface area (Å²) in [5.74, 6) is -0.381. The summed E-state index contributed by atoms with van der Waals surface area (Å²) in [4.78, 5) is 16.8. The van der Waals surface area contributed by atoms with Crippen molar-refractivity contribution in [3.05, 3.63) is 23.0 Å². The molecule has 6 nitrogen and oxygen atoms in total. The number of thiazole rings is 1. The number of carbonyl (C=O) groups excluding carboxylic acids is 1. The lowest BCUT2D eigenvalue weighted by Crippen LogP contribution is -2.06. The fourth-order valence-corrected chi connectivity index (χ4v) is 2.38. The van der Waals surface area contributed by atoms with E-state index in [0.717, 1.165) is 17.1 Å². The Morgan fingerprint density at radius 3 is 2.95 bits per heavy atom. The van der Waals surface area contributed by atoms with E-state index in [4.69, 9.17) is 4.74 Å². The minimum atomic E-state index is -0.381. The fraction of sp³-hybridized carbons (Fsp3) is 0.417. The summed E-state index contributed by atoms with van der Waals surface area (Å²) >= 11 is 1.42. The molecule has 7 heteroatoms. The van der Waals surface area contributed by atoms with E-state index in [2.05, 4.69) is 15.4 Å². The molecule has 0 fully saturated rings. The zero-order valence-electron chi connectivity index (χ0n) is 11.1. The van der Waals surface area contributed by atoms with Crippen LogP contribution >= 0.6 is 11.3 Å². The van der Waals surface area contributed by atoms with Gasteiger partial charge in [0.05, 0.1) is 18.5 Å². The first-order valence-electron chi connectivity index (χ1n) is 6.08. The predicted octanol–water partition coefficient (Wildman–Crippen LogP) is 2.59. The molecular weight excluding hydrogens is 264 g/mol. The maximum Gasteiger partial charge on any atom is 0.358 e. The third kappa shape index (κ3) is 3.11. The van der Waals surface area contributed by atoms with Gasteiger partial charge in [0.15, 0.2) is 10.8 Å². The Hall–Kier alpha value is -1.89. The first kappa shape index (κ1) is 13.5. The molecule has 2 heterocycles. The van der Waals surface area contributed by atoms with Crippen molar-refractivity contribution in [3.63, 3.8) is 0 Å². The van der Waals surface area contributed by atoms with Crippen molar-refractivity contribution in [1.82, 2.24) is 14.8 Å². The zero-order valence-corrected chi connectivity index (χ0v) is 12.0. The number of aromatic nitrogens is 3. The minimum Gasteiger partial charge on any atom is -0.461 e. The molecule has 0 aromatic carbocycles. The summed E-state index contributed by atoms with van der Waals surface area (Å²) in [5.41, 5.74) is 1.23. The van der Waals surface area contributed by atoms with Crippen LogP contribution in [0, 0.1) is 6.92 Å². The van der Waals surface area contributed by atoms with Gasteiger partial charge in [-0.25, -0.2) is 9.78 Å². The molecule has 0 unspecified atom stereocenters. The van der Waals surface area contributed by atoms with Gasteiger partial charge in [0.2, 0.25) is 0 Å². The number of hydrogen-bond acceptors (Lipinski definition) is 6. The Labute approximate surface area is 115 Å². The molecule has 0 aliphatic carbocycles. The highest BCUT2D eigenvalue weighted by Gasteiger charge is 2.16. The highest BCUT2D eigenvalue weighted by Crippen LogP contribution is 2.25. The van der Waals surface area contributed by atoms with Gasteiger partial charge in [-0.15, -0.1) is 11.3 Å². The van der Waals surface area contributed by atoms with E-state index in [9.17, 15) is 4.79 Å². The fourth-order valence-electron chi connectivity index (χ4n) is 1.56. The summed E-state index contributed by atoms with van der Waals surface area (Å²) in [6, 6.07) is 0. The van der Waals surface area contributed by atoms with E-state index >= 15 is 0 Å². The van der Waals surface area contributed by atoms with Crippen LogP contribution in [0.25, 0.3) is 0 Å². The first-order chi connectivity index (χ1) is 9.13. The lowest BCUT2D eigenvalue weighted by Gasteiger charge is -1.98. The predicted molar refractivity (Wildman–Crippen MR) is 74.0 cm³/mol. The Morgan fingerprint density at radius 1 is 1.53 bits per heavy atom. The number of ether oxygens (including phenoxy) is 1.